The van der Waals surface area contributed by atoms with Gasteiger partial charge in [0.25, 0.3) is 0 Å². The third kappa shape index (κ3) is 7.15. The predicted octanol–water partition coefficient (Wildman–Crippen LogP) is -0.0466. The Morgan fingerprint density at radius 1 is 1.14 bits per heavy atom. The van der Waals surface area contributed by atoms with E-state index in [1.807, 2.05) is 12.1 Å². The second-order valence-corrected chi connectivity index (χ2v) is 10.1. The number of thiazole rings is 1. The Labute approximate surface area is 219 Å². The van der Waals surface area contributed by atoms with Crippen LogP contribution in [0.25, 0.3) is 22.2 Å². The van der Waals surface area contributed by atoms with Crippen LogP contribution in [0.1, 0.15) is 26.2 Å². The van der Waals surface area contributed by atoms with Crippen molar-refractivity contribution in [3.05, 3.63) is 40.1 Å². The molecule has 0 radical (unpaired) electrons. The van der Waals surface area contributed by atoms with Crippen molar-refractivity contribution in [1.82, 2.24) is 10.3 Å². The van der Waals surface area contributed by atoms with Crippen LogP contribution in [0.15, 0.2) is 38.9 Å². The smallest absolute Gasteiger partial charge is 0.345 e. The number of likely N-dealkylation sites (N-methyl/N-ethyl adjacent to an activating group) is 1. The molecule has 0 unspecified atom stereocenters. The van der Waals surface area contributed by atoms with Gasteiger partial charge in [0.15, 0.2) is 16.5 Å². The SMILES string of the molecule is CC[NH+]1CC[NH+](CCCNC(=O)CCC(=O)Nc2nc(-c3cc4cccc(OC)c4oc3=O)cs2)CC1. The van der Waals surface area contributed by atoms with E-state index in [9.17, 15) is 14.4 Å². The van der Waals surface area contributed by atoms with Gasteiger partial charge < -0.3 is 29.6 Å². The topological polar surface area (TPSA) is 119 Å². The molecular weight excluding hydrogens is 494 g/mol. The van der Waals surface area contributed by atoms with Crippen LogP contribution in [-0.4, -0.2) is 69.7 Å². The molecule has 11 heteroatoms. The molecule has 198 valence electrons. The van der Waals surface area contributed by atoms with Gasteiger partial charge in [0.2, 0.25) is 11.8 Å². The summed E-state index contributed by atoms with van der Waals surface area (Å²) in [7, 11) is 1.51. The summed E-state index contributed by atoms with van der Waals surface area (Å²) < 4.78 is 10.7. The van der Waals surface area contributed by atoms with Crippen molar-refractivity contribution >= 4 is 39.3 Å². The fourth-order valence-electron chi connectivity index (χ4n) is 4.54. The molecule has 0 atom stereocenters. The summed E-state index contributed by atoms with van der Waals surface area (Å²) in [6, 6.07) is 7.05. The second-order valence-electron chi connectivity index (χ2n) is 9.22. The van der Waals surface area contributed by atoms with E-state index in [1.54, 1.807) is 27.3 Å². The van der Waals surface area contributed by atoms with Gasteiger partial charge in [-0.2, -0.15) is 0 Å². The first kappa shape index (κ1) is 26.8. The second kappa shape index (κ2) is 12.8. The quantitative estimate of drug-likeness (QED) is 0.204. The number of methoxy groups -OCH3 is 1. The first-order valence-electron chi connectivity index (χ1n) is 12.8. The molecule has 2 amide bonds. The van der Waals surface area contributed by atoms with Crippen molar-refractivity contribution in [2.24, 2.45) is 0 Å². The van der Waals surface area contributed by atoms with Gasteiger partial charge in [-0.05, 0) is 19.1 Å². The Kier molecular flexibility index (Phi) is 9.26. The fourth-order valence-corrected chi connectivity index (χ4v) is 5.26. The number of anilines is 1. The number of nitrogens with zero attached hydrogens (tertiary/aromatic N) is 1. The lowest BCUT2D eigenvalue weighted by atomic mass is 10.1. The van der Waals surface area contributed by atoms with E-state index >= 15 is 0 Å². The molecule has 0 aliphatic carbocycles. The zero-order valence-corrected chi connectivity index (χ0v) is 22.2. The van der Waals surface area contributed by atoms with E-state index in [0.717, 1.165) is 13.0 Å². The van der Waals surface area contributed by atoms with Crippen LogP contribution in [0.5, 0.6) is 5.75 Å². The molecule has 3 aromatic rings. The summed E-state index contributed by atoms with van der Waals surface area (Å²) in [6.45, 7) is 9.94. The number of carbonyl (C=O) groups excluding carboxylic acids is 2. The summed E-state index contributed by atoms with van der Waals surface area (Å²) in [5, 5.41) is 8.38. The van der Waals surface area contributed by atoms with Crippen LogP contribution in [-0.2, 0) is 9.59 Å². The van der Waals surface area contributed by atoms with Crippen LogP contribution < -0.4 is 30.8 Å². The molecule has 37 heavy (non-hydrogen) atoms. The number of aromatic nitrogens is 1. The third-order valence-corrected chi connectivity index (χ3v) is 7.50. The average Bonchev–Trinajstić information content (AvgIpc) is 3.37. The standard InChI is InChI=1S/C26H33N5O5S/c1-3-30-12-14-31(15-13-30)11-5-10-27-22(32)8-9-23(33)29-26-28-20(17-37-26)19-16-18-6-4-7-21(35-2)24(18)36-25(19)34/h4,6-7,16-17H,3,5,8-15H2,1-2H3,(H,27,32)(H,28,29,33)/p+2. The Morgan fingerprint density at radius 3 is 2.65 bits per heavy atom. The van der Waals surface area contributed by atoms with Crippen LogP contribution in [0.3, 0.4) is 0 Å². The Morgan fingerprint density at radius 2 is 1.89 bits per heavy atom. The Balaban J connectivity index is 1.21. The van der Waals surface area contributed by atoms with Gasteiger partial charge in [-0.3, -0.25) is 9.59 Å². The summed E-state index contributed by atoms with van der Waals surface area (Å²) in [4.78, 5) is 44.7. The zero-order chi connectivity index (χ0) is 26.2. The minimum Gasteiger partial charge on any atom is -0.493 e. The molecule has 4 rings (SSSR count). The molecule has 1 aliphatic heterocycles. The van der Waals surface area contributed by atoms with E-state index in [0.29, 0.717) is 39.7 Å². The number of para-hydroxylation sites is 1. The number of quaternary nitrogens is 2. The molecule has 4 N–H and O–H groups in total. The molecule has 0 bridgehead atoms. The van der Waals surface area contributed by atoms with Gasteiger partial charge in [0.05, 0.1) is 31.5 Å². The van der Waals surface area contributed by atoms with Crippen LogP contribution in [0.2, 0.25) is 0 Å². The van der Waals surface area contributed by atoms with E-state index in [2.05, 4.69) is 22.5 Å². The van der Waals surface area contributed by atoms with Crippen molar-refractivity contribution in [3.63, 3.8) is 0 Å². The van der Waals surface area contributed by atoms with Crippen LogP contribution in [0.4, 0.5) is 5.13 Å². The predicted molar refractivity (Wildman–Crippen MR) is 142 cm³/mol. The summed E-state index contributed by atoms with van der Waals surface area (Å²) >= 11 is 1.21. The van der Waals surface area contributed by atoms with Gasteiger partial charge in [0.1, 0.15) is 26.2 Å². The third-order valence-electron chi connectivity index (χ3n) is 6.74. The summed E-state index contributed by atoms with van der Waals surface area (Å²) in [5.74, 6) is 0.0466. The molecule has 0 saturated carbocycles. The lowest BCUT2D eigenvalue weighted by Crippen LogP contribution is -3.28. The van der Waals surface area contributed by atoms with Crippen molar-refractivity contribution in [1.29, 1.82) is 0 Å². The lowest BCUT2D eigenvalue weighted by molar-refractivity contribution is -1.01. The number of ether oxygens (including phenoxy) is 1. The van der Waals surface area contributed by atoms with E-state index < -0.39 is 5.63 Å². The van der Waals surface area contributed by atoms with Crippen LogP contribution >= 0.6 is 11.3 Å². The summed E-state index contributed by atoms with van der Waals surface area (Å²) in [5.41, 5.74) is 0.545. The van der Waals surface area contributed by atoms with E-state index in [-0.39, 0.29) is 24.7 Å². The van der Waals surface area contributed by atoms with E-state index in [4.69, 9.17) is 9.15 Å². The van der Waals surface area contributed by atoms with Gasteiger partial charge in [-0.25, -0.2) is 9.78 Å². The lowest BCUT2D eigenvalue weighted by Gasteiger charge is -2.28. The minimum atomic E-state index is -0.539. The largest absolute Gasteiger partial charge is 0.493 e. The maximum Gasteiger partial charge on any atom is 0.345 e. The maximum absolute atomic E-state index is 12.5. The van der Waals surface area contributed by atoms with Gasteiger partial charge in [-0.15, -0.1) is 11.3 Å². The number of hydrogen-bond acceptors (Lipinski definition) is 7. The number of amides is 2. The number of nitrogens with one attached hydrogen (secondary N) is 4. The molecule has 3 heterocycles. The highest BCUT2D eigenvalue weighted by Crippen LogP contribution is 2.29. The molecule has 1 aliphatic rings. The molecule has 1 aromatic carbocycles. The van der Waals surface area contributed by atoms with Crippen molar-refractivity contribution in [3.8, 4) is 17.0 Å². The molecule has 10 nitrogen and oxygen atoms in total. The highest BCUT2D eigenvalue weighted by atomic mass is 32.1. The Hall–Kier alpha value is -3.28. The monoisotopic (exact) mass is 529 g/mol. The normalized spacial score (nSPS) is 17.5. The molecule has 0 spiro atoms. The first-order valence-corrected chi connectivity index (χ1v) is 13.6. The zero-order valence-electron chi connectivity index (χ0n) is 21.4. The van der Waals surface area contributed by atoms with Crippen molar-refractivity contribution in [2.75, 3.05) is 58.2 Å². The highest BCUT2D eigenvalue weighted by Gasteiger charge is 2.21. The molecular formula is C26H35N5O5S+2. The number of benzene rings is 1. The molecule has 1 fully saturated rings. The number of piperazine rings is 1. The molecule has 1 saturated heterocycles. The van der Waals surface area contributed by atoms with Gasteiger partial charge in [-0.1, -0.05) is 12.1 Å². The van der Waals surface area contributed by atoms with Gasteiger partial charge >= 0.3 is 5.63 Å². The van der Waals surface area contributed by atoms with Crippen molar-refractivity contribution < 1.29 is 28.5 Å². The number of rotatable bonds is 11. The first-order chi connectivity index (χ1) is 18.0. The highest BCUT2D eigenvalue weighted by molar-refractivity contribution is 7.14. The summed E-state index contributed by atoms with van der Waals surface area (Å²) in [6.07, 6.45) is 1.11. The maximum atomic E-state index is 12.5. The minimum absolute atomic E-state index is 0.0612. The number of hydrogen-bond donors (Lipinski definition) is 4. The van der Waals surface area contributed by atoms with Crippen molar-refractivity contribution in [2.45, 2.75) is 26.2 Å². The average molecular weight is 530 g/mol. The van der Waals surface area contributed by atoms with Gasteiger partial charge in [0, 0.05) is 36.6 Å². The van der Waals surface area contributed by atoms with Crippen LogP contribution in [0, 0.1) is 0 Å². The number of carbonyl (C=O) groups is 2. The fraction of sp³-hybridized carbons (Fsp3) is 0.462. The van der Waals surface area contributed by atoms with E-state index in [1.165, 1.54) is 51.2 Å². The number of fused-ring (bicyclic) bond motifs is 1. The Bertz CT molecular complexity index is 1280. The molecule has 2 aromatic heterocycles.